The van der Waals surface area contributed by atoms with Crippen LogP contribution < -0.4 is 15.4 Å². The van der Waals surface area contributed by atoms with Crippen molar-refractivity contribution in [2.75, 3.05) is 17.7 Å². The number of anilines is 2. The second-order valence-corrected chi connectivity index (χ2v) is 8.59. The molecule has 0 saturated heterocycles. The molecule has 3 aromatic carbocycles. The topological polar surface area (TPSA) is 67.4 Å². The van der Waals surface area contributed by atoms with Gasteiger partial charge in [-0.25, -0.2) is 0 Å². The minimum absolute atomic E-state index is 0.0847. The molecule has 3 aromatic rings. The molecule has 0 heterocycles. The van der Waals surface area contributed by atoms with Crippen molar-refractivity contribution in [2.24, 2.45) is 5.92 Å². The molecule has 1 fully saturated rings. The Morgan fingerprint density at radius 2 is 1.48 bits per heavy atom. The van der Waals surface area contributed by atoms with E-state index < -0.39 is 5.25 Å². The van der Waals surface area contributed by atoms with Gasteiger partial charge in [-0.05, 0) is 66.9 Å². The van der Waals surface area contributed by atoms with Crippen molar-refractivity contribution in [3.8, 4) is 5.75 Å². The predicted molar refractivity (Wildman–Crippen MR) is 124 cm³/mol. The smallest absolute Gasteiger partial charge is 0.242 e. The molecule has 1 atom stereocenters. The van der Waals surface area contributed by atoms with Crippen molar-refractivity contribution in [3.05, 3.63) is 84.4 Å². The Bertz CT molecular complexity index is 1030. The molecule has 2 amide bonds. The van der Waals surface area contributed by atoms with Crippen LogP contribution in [0.4, 0.5) is 11.4 Å². The molecule has 1 aliphatic carbocycles. The highest BCUT2D eigenvalue weighted by atomic mass is 32.2. The number of hydrogen-bond acceptors (Lipinski definition) is 4. The average Bonchev–Trinajstić information content (AvgIpc) is 3.65. The lowest BCUT2D eigenvalue weighted by atomic mass is 10.1. The summed E-state index contributed by atoms with van der Waals surface area (Å²) in [5.41, 5.74) is 2.41. The Labute approximate surface area is 186 Å². The minimum atomic E-state index is -0.421. The van der Waals surface area contributed by atoms with Crippen molar-refractivity contribution in [3.63, 3.8) is 0 Å². The molecule has 1 unspecified atom stereocenters. The Hall–Kier alpha value is -3.25. The van der Waals surface area contributed by atoms with Gasteiger partial charge in [-0.1, -0.05) is 30.3 Å². The molecular weight excluding hydrogens is 408 g/mol. The van der Waals surface area contributed by atoms with Crippen LogP contribution in [0.15, 0.2) is 83.8 Å². The lowest BCUT2D eigenvalue weighted by Gasteiger charge is -2.17. The summed E-state index contributed by atoms with van der Waals surface area (Å²) in [5.74, 6) is 0.882. The third-order valence-electron chi connectivity index (χ3n) is 5.02. The first-order valence-electron chi connectivity index (χ1n) is 10.2. The number of benzene rings is 3. The van der Waals surface area contributed by atoms with Gasteiger partial charge in [0.15, 0.2) is 0 Å². The molecule has 0 bridgehead atoms. The molecule has 1 aliphatic rings. The molecule has 0 spiro atoms. The molecule has 31 heavy (non-hydrogen) atoms. The Morgan fingerprint density at radius 1 is 0.871 bits per heavy atom. The summed E-state index contributed by atoms with van der Waals surface area (Å²) in [7, 11) is 1.61. The van der Waals surface area contributed by atoms with Gasteiger partial charge in [-0.3, -0.25) is 9.59 Å². The second-order valence-electron chi connectivity index (χ2n) is 7.41. The van der Waals surface area contributed by atoms with E-state index in [1.54, 1.807) is 7.11 Å². The number of methoxy groups -OCH3 is 1. The van der Waals surface area contributed by atoms with E-state index in [0.717, 1.165) is 34.7 Å². The highest BCUT2D eigenvalue weighted by Crippen LogP contribution is 2.37. The van der Waals surface area contributed by atoms with Crippen LogP contribution in [0.25, 0.3) is 0 Å². The number of nitrogens with one attached hydrogen (secondary N) is 2. The number of hydrogen-bond donors (Lipinski definition) is 2. The zero-order valence-electron chi connectivity index (χ0n) is 17.2. The van der Waals surface area contributed by atoms with Gasteiger partial charge in [0.25, 0.3) is 0 Å². The van der Waals surface area contributed by atoms with Gasteiger partial charge in [0.1, 0.15) is 11.0 Å². The van der Waals surface area contributed by atoms with Crippen LogP contribution in [0, 0.1) is 5.92 Å². The van der Waals surface area contributed by atoms with E-state index in [0.29, 0.717) is 5.69 Å². The molecular formula is C25H24N2O3S. The van der Waals surface area contributed by atoms with Gasteiger partial charge >= 0.3 is 0 Å². The first kappa shape index (κ1) is 21.0. The summed E-state index contributed by atoms with van der Waals surface area (Å²) in [6.07, 6.45) is 1.95. The summed E-state index contributed by atoms with van der Waals surface area (Å²) in [6.45, 7) is 0. The van der Waals surface area contributed by atoms with Crippen molar-refractivity contribution in [2.45, 2.75) is 23.0 Å². The third kappa shape index (κ3) is 5.67. The number of ether oxygens (including phenoxy) is 1. The van der Waals surface area contributed by atoms with Gasteiger partial charge in [0, 0.05) is 22.2 Å². The van der Waals surface area contributed by atoms with Crippen LogP contribution >= 0.6 is 11.8 Å². The van der Waals surface area contributed by atoms with Crippen LogP contribution in [-0.2, 0) is 9.59 Å². The fourth-order valence-electron chi connectivity index (χ4n) is 3.13. The molecule has 0 aromatic heterocycles. The molecule has 1 saturated carbocycles. The monoisotopic (exact) mass is 432 g/mol. The van der Waals surface area contributed by atoms with Crippen molar-refractivity contribution in [1.29, 1.82) is 0 Å². The molecule has 5 nitrogen and oxygen atoms in total. The highest BCUT2D eigenvalue weighted by Gasteiger charge is 2.29. The van der Waals surface area contributed by atoms with Gasteiger partial charge in [-0.2, -0.15) is 0 Å². The molecule has 158 valence electrons. The lowest BCUT2D eigenvalue weighted by molar-refractivity contribution is -0.117. The summed E-state index contributed by atoms with van der Waals surface area (Å²) < 4.78 is 5.18. The van der Waals surface area contributed by atoms with Crippen LogP contribution in [0.3, 0.4) is 0 Å². The lowest BCUT2D eigenvalue weighted by Crippen LogP contribution is -2.19. The minimum Gasteiger partial charge on any atom is -0.497 e. The van der Waals surface area contributed by atoms with E-state index in [4.69, 9.17) is 4.74 Å². The Morgan fingerprint density at radius 3 is 2.10 bits per heavy atom. The van der Waals surface area contributed by atoms with E-state index in [1.165, 1.54) is 11.8 Å². The molecule has 2 N–H and O–H groups in total. The molecule has 0 radical (unpaired) electrons. The average molecular weight is 433 g/mol. The first-order valence-corrected chi connectivity index (χ1v) is 11.1. The number of thioether (sulfide) groups is 1. The van der Waals surface area contributed by atoms with E-state index in [-0.39, 0.29) is 17.7 Å². The summed E-state index contributed by atoms with van der Waals surface area (Å²) in [5, 5.41) is 5.52. The maximum Gasteiger partial charge on any atom is 0.242 e. The normalized spacial score (nSPS) is 13.8. The largest absolute Gasteiger partial charge is 0.497 e. The Balaban J connectivity index is 1.48. The van der Waals surface area contributed by atoms with Crippen LogP contribution in [0.2, 0.25) is 0 Å². The first-order chi connectivity index (χ1) is 15.1. The highest BCUT2D eigenvalue weighted by molar-refractivity contribution is 8.00. The third-order valence-corrected chi connectivity index (χ3v) is 6.29. The summed E-state index contributed by atoms with van der Waals surface area (Å²) in [4.78, 5) is 26.0. The predicted octanol–water partition coefficient (Wildman–Crippen LogP) is 5.52. The van der Waals surface area contributed by atoms with Crippen LogP contribution in [-0.4, -0.2) is 18.9 Å². The number of amides is 2. The van der Waals surface area contributed by atoms with E-state index in [2.05, 4.69) is 10.6 Å². The van der Waals surface area contributed by atoms with Gasteiger partial charge in [-0.15, -0.1) is 11.8 Å². The SMILES string of the molecule is COc1ccc(NC(=O)C(Sc2ccc(NC(=O)C3CC3)cc2)c2ccccc2)cc1. The van der Waals surface area contributed by atoms with Crippen molar-refractivity contribution < 1.29 is 14.3 Å². The van der Waals surface area contributed by atoms with E-state index in [9.17, 15) is 9.59 Å². The number of rotatable bonds is 8. The van der Waals surface area contributed by atoms with Gasteiger partial charge < -0.3 is 15.4 Å². The summed E-state index contributed by atoms with van der Waals surface area (Å²) >= 11 is 1.47. The van der Waals surface area contributed by atoms with Crippen molar-refractivity contribution in [1.82, 2.24) is 0 Å². The number of carbonyl (C=O) groups excluding carboxylic acids is 2. The van der Waals surface area contributed by atoms with Crippen LogP contribution in [0.5, 0.6) is 5.75 Å². The zero-order valence-corrected chi connectivity index (χ0v) is 18.0. The molecule has 6 heteroatoms. The molecule has 0 aliphatic heterocycles. The summed E-state index contributed by atoms with van der Waals surface area (Å²) in [6, 6.07) is 24.6. The van der Waals surface area contributed by atoms with Crippen LogP contribution in [0.1, 0.15) is 23.7 Å². The second kappa shape index (κ2) is 9.71. The maximum absolute atomic E-state index is 13.1. The fraction of sp³-hybridized carbons (Fsp3) is 0.200. The maximum atomic E-state index is 13.1. The Kier molecular flexibility index (Phi) is 6.57. The van der Waals surface area contributed by atoms with Crippen molar-refractivity contribution >= 4 is 35.0 Å². The fourth-order valence-corrected chi connectivity index (χ4v) is 4.15. The van der Waals surface area contributed by atoms with E-state index >= 15 is 0 Å². The standard InChI is InChI=1S/C25H24N2O3S/c1-30-21-13-9-19(10-14-21)27-25(29)23(17-5-3-2-4-6-17)31-22-15-11-20(12-16-22)26-24(28)18-7-8-18/h2-6,9-16,18,23H,7-8H2,1H3,(H,26,28)(H,27,29). The van der Waals surface area contributed by atoms with Gasteiger partial charge in [0.2, 0.25) is 11.8 Å². The van der Waals surface area contributed by atoms with Gasteiger partial charge in [0.05, 0.1) is 7.11 Å². The molecule has 4 rings (SSSR count). The zero-order chi connectivity index (χ0) is 21.6. The van der Waals surface area contributed by atoms with E-state index in [1.807, 2.05) is 78.9 Å². The number of carbonyl (C=O) groups is 2. The quantitative estimate of drug-likeness (QED) is 0.460.